The molecule has 1 N–H and O–H groups in total. The van der Waals surface area contributed by atoms with Gasteiger partial charge < -0.3 is 14.8 Å². The van der Waals surface area contributed by atoms with Crippen molar-refractivity contribution in [2.75, 3.05) is 0 Å². The number of amides is 1. The summed E-state index contributed by atoms with van der Waals surface area (Å²) in [5.74, 6) is -4.18. The van der Waals surface area contributed by atoms with Gasteiger partial charge in [0.15, 0.2) is 17.5 Å². The van der Waals surface area contributed by atoms with Crippen molar-refractivity contribution in [3.63, 3.8) is 0 Å². The van der Waals surface area contributed by atoms with Crippen LogP contribution in [-0.2, 0) is 4.74 Å². The molecule has 0 aliphatic heterocycles. The van der Waals surface area contributed by atoms with E-state index in [1.54, 1.807) is 20.8 Å². The SMILES string of the molecule is CC(C)(C)OC(=O)N[C@H]1C[C@H](Oc2cc(F)c(F)c(F)c2)C1. The van der Waals surface area contributed by atoms with E-state index >= 15 is 0 Å². The quantitative estimate of drug-likeness (QED) is 0.868. The number of hydrogen-bond donors (Lipinski definition) is 1. The highest BCUT2D eigenvalue weighted by Crippen LogP contribution is 2.28. The summed E-state index contributed by atoms with van der Waals surface area (Å²) in [5, 5.41) is 2.67. The summed E-state index contributed by atoms with van der Waals surface area (Å²) in [4.78, 5) is 11.5. The van der Waals surface area contributed by atoms with Gasteiger partial charge in [0.2, 0.25) is 0 Å². The van der Waals surface area contributed by atoms with Crippen molar-refractivity contribution in [2.45, 2.75) is 51.4 Å². The molecule has 0 atom stereocenters. The average molecular weight is 317 g/mol. The van der Waals surface area contributed by atoms with Crippen molar-refractivity contribution < 1.29 is 27.4 Å². The van der Waals surface area contributed by atoms with E-state index in [1.165, 1.54) is 0 Å². The lowest BCUT2D eigenvalue weighted by Crippen LogP contribution is -2.50. The Morgan fingerprint density at radius 1 is 1.18 bits per heavy atom. The highest BCUT2D eigenvalue weighted by atomic mass is 19.2. The number of hydrogen-bond acceptors (Lipinski definition) is 3. The minimum atomic E-state index is -1.52. The van der Waals surface area contributed by atoms with Crippen molar-refractivity contribution >= 4 is 6.09 Å². The topological polar surface area (TPSA) is 47.6 Å². The largest absolute Gasteiger partial charge is 0.490 e. The van der Waals surface area contributed by atoms with Gasteiger partial charge in [0, 0.05) is 31.0 Å². The molecule has 2 rings (SSSR count). The molecule has 1 aromatic rings. The normalized spacial score (nSPS) is 21.0. The van der Waals surface area contributed by atoms with Gasteiger partial charge >= 0.3 is 6.09 Å². The predicted octanol–water partition coefficient (Wildman–Crippen LogP) is 3.54. The molecule has 0 bridgehead atoms. The molecule has 122 valence electrons. The Morgan fingerprint density at radius 2 is 1.73 bits per heavy atom. The predicted molar refractivity (Wildman–Crippen MR) is 73.1 cm³/mol. The molecule has 0 spiro atoms. The van der Waals surface area contributed by atoms with Gasteiger partial charge in [-0.2, -0.15) is 0 Å². The number of alkyl carbamates (subject to hydrolysis) is 1. The van der Waals surface area contributed by atoms with Gasteiger partial charge in [0.05, 0.1) is 0 Å². The number of halogens is 3. The Bertz CT molecular complexity index is 543. The molecule has 0 unspecified atom stereocenters. The Hall–Kier alpha value is -1.92. The second kappa shape index (κ2) is 6.06. The fourth-order valence-corrected chi connectivity index (χ4v) is 2.05. The molecule has 0 heterocycles. The van der Waals surface area contributed by atoms with Gasteiger partial charge in [-0.25, -0.2) is 18.0 Å². The first-order chi connectivity index (χ1) is 10.1. The molecule has 0 aromatic heterocycles. The lowest BCUT2D eigenvalue weighted by Gasteiger charge is -2.36. The summed E-state index contributed by atoms with van der Waals surface area (Å²) < 4.78 is 49.4. The third-order valence-corrected chi connectivity index (χ3v) is 3.08. The van der Waals surface area contributed by atoms with Crippen LogP contribution in [0.4, 0.5) is 18.0 Å². The molecule has 1 aliphatic rings. The first-order valence-electron chi connectivity index (χ1n) is 6.95. The van der Waals surface area contributed by atoms with Crippen LogP contribution in [0.5, 0.6) is 5.75 Å². The molecule has 1 aromatic carbocycles. The highest BCUT2D eigenvalue weighted by molar-refractivity contribution is 5.68. The minimum Gasteiger partial charge on any atom is -0.490 e. The van der Waals surface area contributed by atoms with E-state index in [0.717, 1.165) is 12.1 Å². The maximum atomic E-state index is 13.1. The van der Waals surface area contributed by atoms with Crippen LogP contribution in [0.3, 0.4) is 0 Å². The fraction of sp³-hybridized carbons (Fsp3) is 0.533. The third kappa shape index (κ3) is 4.29. The van der Waals surface area contributed by atoms with E-state index in [1.807, 2.05) is 0 Å². The van der Waals surface area contributed by atoms with Crippen LogP contribution in [-0.4, -0.2) is 23.8 Å². The summed E-state index contributed by atoms with van der Waals surface area (Å²) >= 11 is 0. The summed E-state index contributed by atoms with van der Waals surface area (Å²) in [6.07, 6.45) is 0.165. The van der Waals surface area contributed by atoms with E-state index < -0.39 is 29.1 Å². The molecule has 1 saturated carbocycles. The molecular formula is C15H18F3NO3. The smallest absolute Gasteiger partial charge is 0.407 e. The number of nitrogens with one attached hydrogen (secondary N) is 1. The molecule has 0 saturated heterocycles. The Labute approximate surface area is 126 Å². The van der Waals surface area contributed by atoms with E-state index in [4.69, 9.17) is 9.47 Å². The van der Waals surface area contributed by atoms with Crippen LogP contribution in [0.1, 0.15) is 33.6 Å². The molecule has 0 radical (unpaired) electrons. The van der Waals surface area contributed by atoms with Crippen molar-refractivity contribution in [1.29, 1.82) is 0 Å². The van der Waals surface area contributed by atoms with Gasteiger partial charge in [-0.15, -0.1) is 0 Å². The Kier molecular flexibility index (Phi) is 4.53. The van der Waals surface area contributed by atoms with Crippen LogP contribution in [0.25, 0.3) is 0 Å². The van der Waals surface area contributed by atoms with Crippen molar-refractivity contribution in [2.24, 2.45) is 0 Å². The zero-order valence-electron chi connectivity index (χ0n) is 12.6. The first-order valence-corrected chi connectivity index (χ1v) is 6.95. The van der Waals surface area contributed by atoms with Gasteiger partial charge in [-0.1, -0.05) is 0 Å². The van der Waals surface area contributed by atoms with Crippen molar-refractivity contribution in [3.05, 3.63) is 29.6 Å². The van der Waals surface area contributed by atoms with Crippen LogP contribution < -0.4 is 10.1 Å². The molecule has 1 aliphatic carbocycles. The second-order valence-corrected chi connectivity index (χ2v) is 6.26. The van der Waals surface area contributed by atoms with Crippen LogP contribution in [0, 0.1) is 17.5 Å². The summed E-state index contributed by atoms with van der Waals surface area (Å²) in [7, 11) is 0. The molecule has 4 nitrogen and oxygen atoms in total. The molecule has 1 amide bonds. The van der Waals surface area contributed by atoms with Gasteiger partial charge in [0.25, 0.3) is 0 Å². The molecule has 22 heavy (non-hydrogen) atoms. The Balaban J connectivity index is 1.79. The summed E-state index contributed by atoms with van der Waals surface area (Å²) in [5.41, 5.74) is -0.576. The van der Waals surface area contributed by atoms with Crippen LogP contribution in [0.15, 0.2) is 12.1 Å². The zero-order chi connectivity index (χ0) is 16.5. The Morgan fingerprint density at radius 3 is 2.23 bits per heavy atom. The van der Waals surface area contributed by atoms with Gasteiger partial charge in [-0.05, 0) is 20.8 Å². The van der Waals surface area contributed by atoms with E-state index in [9.17, 15) is 18.0 Å². The zero-order valence-corrected chi connectivity index (χ0v) is 12.6. The van der Waals surface area contributed by atoms with E-state index in [0.29, 0.717) is 12.8 Å². The van der Waals surface area contributed by atoms with E-state index in [-0.39, 0.29) is 17.9 Å². The lowest BCUT2D eigenvalue weighted by molar-refractivity contribution is 0.0361. The fourth-order valence-electron chi connectivity index (χ4n) is 2.05. The lowest BCUT2D eigenvalue weighted by atomic mass is 9.89. The van der Waals surface area contributed by atoms with Crippen molar-refractivity contribution in [1.82, 2.24) is 5.32 Å². The highest BCUT2D eigenvalue weighted by Gasteiger charge is 2.33. The van der Waals surface area contributed by atoms with Gasteiger partial charge in [0.1, 0.15) is 17.5 Å². The average Bonchev–Trinajstić information content (AvgIpc) is 2.30. The summed E-state index contributed by atoms with van der Waals surface area (Å²) in [6.45, 7) is 5.28. The number of carbonyl (C=O) groups excluding carboxylic acids is 1. The second-order valence-electron chi connectivity index (χ2n) is 6.26. The molecular weight excluding hydrogens is 299 g/mol. The number of ether oxygens (including phenoxy) is 2. The van der Waals surface area contributed by atoms with Gasteiger partial charge in [-0.3, -0.25) is 0 Å². The molecule has 1 fully saturated rings. The molecule has 7 heteroatoms. The monoisotopic (exact) mass is 317 g/mol. The van der Waals surface area contributed by atoms with Crippen LogP contribution >= 0.6 is 0 Å². The number of rotatable bonds is 3. The van der Waals surface area contributed by atoms with E-state index in [2.05, 4.69) is 5.32 Å². The minimum absolute atomic E-state index is 0.0721. The number of benzene rings is 1. The number of carbonyl (C=O) groups is 1. The summed E-state index contributed by atoms with van der Waals surface area (Å²) in [6, 6.07) is 1.48. The first kappa shape index (κ1) is 16.5. The maximum Gasteiger partial charge on any atom is 0.407 e. The van der Waals surface area contributed by atoms with Crippen molar-refractivity contribution in [3.8, 4) is 5.75 Å². The maximum absolute atomic E-state index is 13.1. The third-order valence-electron chi connectivity index (χ3n) is 3.08. The van der Waals surface area contributed by atoms with Crippen LogP contribution in [0.2, 0.25) is 0 Å². The standard InChI is InChI=1S/C15H18F3NO3/c1-15(2,3)22-14(20)19-8-4-9(5-8)21-10-6-11(16)13(18)12(17)7-10/h6-9H,4-5H2,1-3H3,(H,19,20)/t8-,9-.